The fourth-order valence-electron chi connectivity index (χ4n) is 1.73. The van der Waals surface area contributed by atoms with E-state index in [1.165, 1.54) is 24.3 Å². The molecule has 0 saturated carbocycles. The molecule has 0 aromatic heterocycles. The van der Waals surface area contributed by atoms with Crippen LogP contribution in [-0.4, -0.2) is 13.0 Å². The number of rotatable bonds is 4. The maximum Gasteiger partial charge on any atom is 0.300 e. The van der Waals surface area contributed by atoms with Gasteiger partial charge in [0.05, 0.1) is 0 Å². The first-order valence-corrected chi connectivity index (χ1v) is 7.34. The van der Waals surface area contributed by atoms with Crippen LogP contribution in [-0.2, 0) is 10.1 Å². The summed E-state index contributed by atoms with van der Waals surface area (Å²) >= 11 is 0. The third-order valence-corrected chi connectivity index (χ3v) is 3.63. The summed E-state index contributed by atoms with van der Waals surface area (Å²) in [5, 5.41) is 0. The van der Waals surface area contributed by atoms with Crippen molar-refractivity contribution in [2.45, 2.75) is 4.90 Å². The molecule has 23 heavy (non-hydrogen) atoms. The zero-order valence-electron chi connectivity index (χ0n) is 11.2. The minimum atomic E-state index is -5.51. The molecule has 0 aliphatic heterocycles. The average Bonchev–Trinajstić information content (AvgIpc) is 2.48. The highest BCUT2D eigenvalue weighted by Crippen LogP contribution is 2.35. The Balaban J connectivity index is 2.63. The molecule has 0 saturated heterocycles. The van der Waals surface area contributed by atoms with Crippen LogP contribution in [0.25, 0.3) is 6.08 Å². The van der Waals surface area contributed by atoms with Crippen LogP contribution in [0.5, 0.6) is 11.5 Å². The van der Waals surface area contributed by atoms with Crippen LogP contribution in [0.15, 0.2) is 35.7 Å². The van der Waals surface area contributed by atoms with E-state index in [2.05, 4.69) is 6.58 Å². The highest BCUT2D eigenvalue weighted by Gasteiger charge is 2.33. The molecule has 2 rings (SSSR count). The molecular formula is C14H8F4O4S. The van der Waals surface area contributed by atoms with Gasteiger partial charge in [0.1, 0.15) is 5.75 Å². The van der Waals surface area contributed by atoms with E-state index in [9.17, 15) is 26.0 Å². The molecule has 122 valence electrons. The van der Waals surface area contributed by atoms with Crippen LogP contribution < -0.4 is 4.74 Å². The van der Waals surface area contributed by atoms with E-state index in [0.29, 0.717) is 5.56 Å². The van der Waals surface area contributed by atoms with E-state index in [1.54, 1.807) is 6.07 Å². The van der Waals surface area contributed by atoms with Crippen LogP contribution in [0, 0.1) is 23.3 Å². The van der Waals surface area contributed by atoms with Crippen LogP contribution in [0.2, 0.25) is 0 Å². The average molecular weight is 348 g/mol. The van der Waals surface area contributed by atoms with Crippen molar-refractivity contribution in [2.24, 2.45) is 0 Å². The lowest BCUT2D eigenvalue weighted by Crippen LogP contribution is -2.11. The lowest BCUT2D eigenvalue weighted by Gasteiger charge is -2.11. The predicted octanol–water partition coefficient (Wildman–Crippen LogP) is 3.93. The molecule has 0 aliphatic rings. The minimum Gasteiger partial charge on any atom is -0.451 e. The van der Waals surface area contributed by atoms with Gasteiger partial charge < -0.3 is 4.74 Å². The van der Waals surface area contributed by atoms with Crippen LogP contribution in [0.1, 0.15) is 5.56 Å². The zero-order chi connectivity index (χ0) is 17.4. The summed E-state index contributed by atoms with van der Waals surface area (Å²) in [5.41, 5.74) is 0.499. The first kappa shape index (κ1) is 17.0. The largest absolute Gasteiger partial charge is 0.451 e. The van der Waals surface area contributed by atoms with Crippen molar-refractivity contribution >= 4 is 16.2 Å². The Bertz CT molecular complexity index is 865. The molecule has 2 aromatic rings. The third kappa shape index (κ3) is 3.20. The summed E-state index contributed by atoms with van der Waals surface area (Å²) in [6.07, 6.45) is 1.39. The zero-order valence-corrected chi connectivity index (χ0v) is 12.0. The maximum absolute atomic E-state index is 13.8. The molecule has 9 heteroatoms. The Hall–Kier alpha value is -2.39. The molecule has 0 spiro atoms. The summed E-state index contributed by atoms with van der Waals surface area (Å²) in [4.78, 5) is -2.13. The summed E-state index contributed by atoms with van der Waals surface area (Å²) in [7, 11) is -5.51. The van der Waals surface area contributed by atoms with E-state index in [0.717, 1.165) is 0 Å². The summed E-state index contributed by atoms with van der Waals surface area (Å²) in [6.45, 7) is 3.46. The maximum atomic E-state index is 13.8. The summed E-state index contributed by atoms with van der Waals surface area (Å²) in [5.74, 6) is -10.4. The van der Waals surface area contributed by atoms with Gasteiger partial charge in [-0.25, -0.2) is 8.78 Å². The lowest BCUT2D eigenvalue weighted by molar-refractivity contribution is 0.346. The molecule has 0 amide bonds. The molecule has 0 bridgehead atoms. The third-order valence-electron chi connectivity index (χ3n) is 2.75. The van der Waals surface area contributed by atoms with Crippen molar-refractivity contribution < 1.29 is 35.3 Å². The van der Waals surface area contributed by atoms with Gasteiger partial charge in [0.2, 0.25) is 17.4 Å². The summed E-state index contributed by atoms with van der Waals surface area (Å²) < 4.78 is 89.9. The van der Waals surface area contributed by atoms with E-state index in [4.69, 9.17) is 9.29 Å². The fraction of sp³-hybridized carbons (Fsp3) is 0. The Morgan fingerprint density at radius 2 is 1.61 bits per heavy atom. The molecule has 0 radical (unpaired) electrons. The van der Waals surface area contributed by atoms with E-state index in [-0.39, 0.29) is 5.75 Å². The second-order valence-corrected chi connectivity index (χ2v) is 5.63. The second kappa shape index (κ2) is 6.01. The Morgan fingerprint density at radius 3 is 2.09 bits per heavy atom. The highest BCUT2D eigenvalue weighted by atomic mass is 32.2. The SMILES string of the molecule is C=Cc1cccc(Oc2c(F)c(F)c(S(=O)(=O)O)c(F)c2F)c1. The standard InChI is InChI=1S/C14H8F4O4S/c1-2-7-4-3-5-8(6-7)22-13-9(15)11(17)14(23(19,20)21)12(18)10(13)16/h2-6H,1H2,(H,19,20,21). The normalized spacial score (nSPS) is 11.3. The molecule has 0 fully saturated rings. The van der Waals surface area contributed by atoms with Crippen molar-refractivity contribution in [3.05, 3.63) is 59.7 Å². The van der Waals surface area contributed by atoms with Gasteiger partial charge in [-0.3, -0.25) is 4.55 Å². The van der Waals surface area contributed by atoms with Crippen molar-refractivity contribution in [1.29, 1.82) is 0 Å². The Labute approximate surface area is 128 Å². The van der Waals surface area contributed by atoms with E-state index >= 15 is 0 Å². The number of halogens is 4. The van der Waals surface area contributed by atoms with Gasteiger partial charge in [-0.2, -0.15) is 17.2 Å². The number of ether oxygens (including phenoxy) is 1. The fourth-order valence-corrected chi connectivity index (χ4v) is 2.36. The topological polar surface area (TPSA) is 63.6 Å². The van der Waals surface area contributed by atoms with Crippen molar-refractivity contribution in [3.8, 4) is 11.5 Å². The second-order valence-electron chi connectivity index (χ2n) is 4.27. The summed E-state index contributed by atoms with van der Waals surface area (Å²) in [6, 6.07) is 5.54. The number of benzene rings is 2. The lowest BCUT2D eigenvalue weighted by atomic mass is 10.2. The molecular weight excluding hydrogens is 340 g/mol. The molecule has 0 heterocycles. The van der Waals surface area contributed by atoms with Crippen LogP contribution in [0.4, 0.5) is 17.6 Å². The molecule has 4 nitrogen and oxygen atoms in total. The Morgan fingerprint density at radius 1 is 1.04 bits per heavy atom. The predicted molar refractivity (Wildman–Crippen MR) is 72.7 cm³/mol. The quantitative estimate of drug-likeness (QED) is 0.517. The van der Waals surface area contributed by atoms with Crippen molar-refractivity contribution in [1.82, 2.24) is 0 Å². The number of hydrogen-bond acceptors (Lipinski definition) is 3. The first-order chi connectivity index (χ1) is 10.7. The smallest absolute Gasteiger partial charge is 0.300 e. The minimum absolute atomic E-state index is 0.168. The van der Waals surface area contributed by atoms with Gasteiger partial charge in [0.15, 0.2) is 16.5 Å². The van der Waals surface area contributed by atoms with Crippen molar-refractivity contribution in [2.75, 3.05) is 0 Å². The van der Waals surface area contributed by atoms with Crippen molar-refractivity contribution in [3.63, 3.8) is 0 Å². The first-order valence-electron chi connectivity index (χ1n) is 5.90. The molecule has 0 aliphatic carbocycles. The molecule has 0 atom stereocenters. The molecule has 1 N–H and O–H groups in total. The van der Waals surface area contributed by atoms with Crippen LogP contribution in [0.3, 0.4) is 0 Å². The number of hydrogen-bond donors (Lipinski definition) is 1. The van der Waals surface area contributed by atoms with E-state index in [1.807, 2.05) is 0 Å². The molecule has 0 unspecified atom stereocenters. The molecule has 2 aromatic carbocycles. The highest BCUT2D eigenvalue weighted by molar-refractivity contribution is 7.85. The van der Waals surface area contributed by atoms with Gasteiger partial charge >= 0.3 is 10.1 Å². The van der Waals surface area contributed by atoms with E-state index < -0.39 is 44.0 Å². The van der Waals surface area contributed by atoms with Gasteiger partial charge in [0.25, 0.3) is 0 Å². The van der Waals surface area contributed by atoms with Gasteiger partial charge in [-0.15, -0.1) is 0 Å². The van der Waals surface area contributed by atoms with Gasteiger partial charge in [-0.05, 0) is 17.7 Å². The van der Waals surface area contributed by atoms with Crippen LogP contribution >= 0.6 is 0 Å². The van der Waals surface area contributed by atoms with Gasteiger partial charge in [-0.1, -0.05) is 24.8 Å². The monoisotopic (exact) mass is 348 g/mol. The Kier molecular flexibility index (Phi) is 4.44. The van der Waals surface area contributed by atoms with Gasteiger partial charge in [0, 0.05) is 0 Å².